The SMILES string of the molecule is CCCCCC(CN)Cc1ccccc1Br. The predicted molar refractivity (Wildman–Crippen MR) is 74.5 cm³/mol. The fourth-order valence-corrected chi connectivity index (χ4v) is 2.41. The third-order valence-corrected chi connectivity index (χ3v) is 3.79. The van der Waals surface area contributed by atoms with Gasteiger partial charge in [0.1, 0.15) is 0 Å². The summed E-state index contributed by atoms with van der Waals surface area (Å²) in [5.74, 6) is 0.630. The van der Waals surface area contributed by atoms with E-state index >= 15 is 0 Å². The molecular formula is C14H22BrN. The maximum Gasteiger partial charge on any atom is 0.0207 e. The highest BCUT2D eigenvalue weighted by Gasteiger charge is 2.09. The number of halogens is 1. The molecule has 1 aromatic carbocycles. The Morgan fingerprint density at radius 1 is 1.25 bits per heavy atom. The van der Waals surface area contributed by atoms with E-state index in [0.717, 1.165) is 13.0 Å². The molecule has 2 heteroatoms. The molecule has 0 aromatic heterocycles. The van der Waals surface area contributed by atoms with Gasteiger partial charge in [-0.1, -0.05) is 60.3 Å². The van der Waals surface area contributed by atoms with E-state index in [2.05, 4.69) is 47.1 Å². The molecule has 1 atom stereocenters. The standard InChI is InChI=1S/C14H22BrN/c1-2-3-4-7-12(11-16)10-13-8-5-6-9-14(13)15/h5-6,8-9,12H,2-4,7,10-11,16H2,1H3. The van der Waals surface area contributed by atoms with Crippen molar-refractivity contribution in [3.63, 3.8) is 0 Å². The summed E-state index contributed by atoms with van der Waals surface area (Å²) < 4.78 is 1.21. The van der Waals surface area contributed by atoms with Gasteiger partial charge in [0.05, 0.1) is 0 Å². The molecule has 0 radical (unpaired) electrons. The van der Waals surface area contributed by atoms with Gasteiger partial charge in [0.25, 0.3) is 0 Å². The van der Waals surface area contributed by atoms with Crippen LogP contribution in [0, 0.1) is 5.92 Å². The zero-order valence-electron chi connectivity index (χ0n) is 10.1. The molecule has 1 nitrogen and oxygen atoms in total. The predicted octanol–water partition coefficient (Wildman–Crippen LogP) is 4.15. The maximum atomic E-state index is 5.84. The lowest BCUT2D eigenvalue weighted by atomic mass is 9.94. The van der Waals surface area contributed by atoms with Crippen LogP contribution in [-0.4, -0.2) is 6.54 Å². The van der Waals surface area contributed by atoms with E-state index in [4.69, 9.17) is 5.73 Å². The first-order chi connectivity index (χ1) is 7.77. The average molecular weight is 284 g/mol. The molecule has 16 heavy (non-hydrogen) atoms. The van der Waals surface area contributed by atoms with E-state index in [1.807, 2.05) is 0 Å². The van der Waals surface area contributed by atoms with Gasteiger partial charge in [-0.3, -0.25) is 0 Å². The molecule has 90 valence electrons. The summed E-state index contributed by atoms with van der Waals surface area (Å²) >= 11 is 3.59. The average Bonchev–Trinajstić information content (AvgIpc) is 2.30. The van der Waals surface area contributed by atoms with Crippen LogP contribution in [0.4, 0.5) is 0 Å². The third-order valence-electron chi connectivity index (χ3n) is 3.02. The van der Waals surface area contributed by atoms with Crippen molar-refractivity contribution in [2.45, 2.75) is 39.0 Å². The van der Waals surface area contributed by atoms with Crippen LogP contribution in [0.2, 0.25) is 0 Å². The number of hydrogen-bond donors (Lipinski definition) is 1. The zero-order valence-corrected chi connectivity index (χ0v) is 11.7. The molecule has 0 fully saturated rings. The molecule has 0 aliphatic heterocycles. The molecule has 0 amide bonds. The topological polar surface area (TPSA) is 26.0 Å². The van der Waals surface area contributed by atoms with Gasteiger partial charge in [-0.2, -0.15) is 0 Å². The Balaban J connectivity index is 2.46. The van der Waals surface area contributed by atoms with Gasteiger partial charge < -0.3 is 5.73 Å². The van der Waals surface area contributed by atoms with Gasteiger partial charge >= 0.3 is 0 Å². The number of benzene rings is 1. The molecule has 2 N–H and O–H groups in total. The molecule has 1 unspecified atom stereocenters. The molecule has 1 rings (SSSR count). The molecule has 0 heterocycles. The highest BCUT2D eigenvalue weighted by atomic mass is 79.9. The number of hydrogen-bond acceptors (Lipinski definition) is 1. The minimum atomic E-state index is 0.630. The molecule has 0 saturated heterocycles. The van der Waals surface area contributed by atoms with E-state index in [-0.39, 0.29) is 0 Å². The zero-order chi connectivity index (χ0) is 11.8. The summed E-state index contributed by atoms with van der Waals surface area (Å²) in [5, 5.41) is 0. The molecule has 0 saturated carbocycles. The summed E-state index contributed by atoms with van der Waals surface area (Å²) in [7, 11) is 0. The monoisotopic (exact) mass is 283 g/mol. The van der Waals surface area contributed by atoms with Crippen LogP contribution in [0.5, 0.6) is 0 Å². The minimum Gasteiger partial charge on any atom is -0.330 e. The van der Waals surface area contributed by atoms with Crippen molar-refractivity contribution >= 4 is 15.9 Å². The summed E-state index contributed by atoms with van der Waals surface area (Å²) in [5.41, 5.74) is 7.22. The molecule has 0 bridgehead atoms. The van der Waals surface area contributed by atoms with Crippen LogP contribution in [0.25, 0.3) is 0 Å². The van der Waals surface area contributed by atoms with Gasteiger partial charge in [0.2, 0.25) is 0 Å². The Bertz CT molecular complexity index is 299. The highest BCUT2D eigenvalue weighted by Crippen LogP contribution is 2.21. The highest BCUT2D eigenvalue weighted by molar-refractivity contribution is 9.10. The van der Waals surface area contributed by atoms with Gasteiger partial charge in [0, 0.05) is 4.47 Å². The van der Waals surface area contributed by atoms with Gasteiger partial charge in [-0.15, -0.1) is 0 Å². The molecule has 0 aliphatic rings. The van der Waals surface area contributed by atoms with Crippen molar-refractivity contribution in [1.29, 1.82) is 0 Å². The van der Waals surface area contributed by atoms with Crippen LogP contribution >= 0.6 is 15.9 Å². The van der Waals surface area contributed by atoms with Crippen LogP contribution in [0.15, 0.2) is 28.7 Å². The minimum absolute atomic E-state index is 0.630. The molecule has 0 spiro atoms. The van der Waals surface area contributed by atoms with Crippen LogP contribution in [-0.2, 0) is 6.42 Å². The second-order valence-electron chi connectivity index (χ2n) is 4.39. The lowest BCUT2D eigenvalue weighted by Gasteiger charge is -2.15. The van der Waals surface area contributed by atoms with Crippen molar-refractivity contribution < 1.29 is 0 Å². The fourth-order valence-electron chi connectivity index (χ4n) is 1.96. The molecule has 1 aromatic rings. The molecule has 0 aliphatic carbocycles. The Kier molecular flexibility index (Phi) is 6.74. The summed E-state index contributed by atoms with van der Waals surface area (Å²) in [4.78, 5) is 0. The number of unbranched alkanes of at least 4 members (excludes halogenated alkanes) is 2. The molecular weight excluding hydrogens is 262 g/mol. The van der Waals surface area contributed by atoms with E-state index in [1.165, 1.54) is 35.7 Å². The van der Waals surface area contributed by atoms with Crippen LogP contribution in [0.3, 0.4) is 0 Å². The van der Waals surface area contributed by atoms with E-state index < -0.39 is 0 Å². The second-order valence-corrected chi connectivity index (χ2v) is 5.25. The van der Waals surface area contributed by atoms with E-state index in [1.54, 1.807) is 0 Å². The van der Waals surface area contributed by atoms with Gasteiger partial charge in [0.15, 0.2) is 0 Å². The Labute approximate surface area is 108 Å². The number of rotatable bonds is 7. The van der Waals surface area contributed by atoms with Crippen molar-refractivity contribution in [2.24, 2.45) is 11.7 Å². The van der Waals surface area contributed by atoms with Crippen LogP contribution in [0.1, 0.15) is 38.2 Å². The van der Waals surface area contributed by atoms with E-state index in [0.29, 0.717) is 5.92 Å². The van der Waals surface area contributed by atoms with Gasteiger partial charge in [-0.25, -0.2) is 0 Å². The van der Waals surface area contributed by atoms with E-state index in [9.17, 15) is 0 Å². The smallest absolute Gasteiger partial charge is 0.0207 e. The first kappa shape index (κ1) is 13.7. The van der Waals surface area contributed by atoms with Gasteiger partial charge in [-0.05, 0) is 36.9 Å². The Morgan fingerprint density at radius 3 is 2.62 bits per heavy atom. The van der Waals surface area contributed by atoms with Crippen molar-refractivity contribution in [3.8, 4) is 0 Å². The lowest BCUT2D eigenvalue weighted by Crippen LogP contribution is -2.17. The van der Waals surface area contributed by atoms with Crippen LogP contribution < -0.4 is 5.73 Å². The Morgan fingerprint density at radius 2 is 2.00 bits per heavy atom. The number of nitrogens with two attached hydrogens (primary N) is 1. The van der Waals surface area contributed by atoms with Crippen molar-refractivity contribution in [3.05, 3.63) is 34.3 Å². The van der Waals surface area contributed by atoms with Crippen molar-refractivity contribution in [1.82, 2.24) is 0 Å². The first-order valence-electron chi connectivity index (χ1n) is 6.21. The summed E-state index contributed by atoms with van der Waals surface area (Å²) in [6.45, 7) is 3.04. The normalized spacial score (nSPS) is 12.7. The second kappa shape index (κ2) is 7.86. The maximum absolute atomic E-state index is 5.84. The lowest BCUT2D eigenvalue weighted by molar-refractivity contribution is 0.464. The summed E-state index contributed by atoms with van der Waals surface area (Å²) in [6, 6.07) is 8.45. The van der Waals surface area contributed by atoms with Crippen molar-refractivity contribution in [2.75, 3.05) is 6.54 Å². The third kappa shape index (κ3) is 4.67. The Hall–Kier alpha value is -0.340. The quantitative estimate of drug-likeness (QED) is 0.748. The summed E-state index contributed by atoms with van der Waals surface area (Å²) in [6.07, 6.45) is 6.27. The first-order valence-corrected chi connectivity index (χ1v) is 7.00. The fraction of sp³-hybridized carbons (Fsp3) is 0.571. The largest absolute Gasteiger partial charge is 0.330 e.